The van der Waals surface area contributed by atoms with Gasteiger partial charge in [-0.15, -0.1) is 0 Å². The number of anilines is 1. The molecule has 3 aromatic rings. The summed E-state index contributed by atoms with van der Waals surface area (Å²) in [7, 11) is 1.53. The highest BCUT2D eigenvalue weighted by molar-refractivity contribution is 6.11. The second-order valence-corrected chi connectivity index (χ2v) is 5.58. The van der Waals surface area contributed by atoms with Crippen LogP contribution in [0.15, 0.2) is 66.2 Å². The SMILES string of the molecule is COc1cccc(NC(=O)/C(C#N)=C\c2c(O)ccc3ccccc23)c1. The van der Waals surface area contributed by atoms with E-state index in [2.05, 4.69) is 5.32 Å². The van der Waals surface area contributed by atoms with E-state index in [1.807, 2.05) is 30.3 Å². The lowest BCUT2D eigenvalue weighted by molar-refractivity contribution is -0.112. The Labute approximate surface area is 150 Å². The van der Waals surface area contributed by atoms with Crippen LogP contribution in [0.5, 0.6) is 11.5 Å². The van der Waals surface area contributed by atoms with Crippen molar-refractivity contribution in [2.24, 2.45) is 0 Å². The number of nitrogens with zero attached hydrogens (tertiary/aromatic N) is 1. The van der Waals surface area contributed by atoms with Crippen molar-refractivity contribution in [1.82, 2.24) is 0 Å². The van der Waals surface area contributed by atoms with Crippen molar-refractivity contribution in [3.63, 3.8) is 0 Å². The minimum absolute atomic E-state index is 0.00521. The van der Waals surface area contributed by atoms with Crippen molar-refractivity contribution >= 4 is 28.4 Å². The molecule has 5 heteroatoms. The maximum absolute atomic E-state index is 12.5. The topological polar surface area (TPSA) is 82.3 Å². The number of carbonyl (C=O) groups is 1. The molecular weight excluding hydrogens is 328 g/mol. The zero-order chi connectivity index (χ0) is 18.5. The first-order chi connectivity index (χ1) is 12.6. The van der Waals surface area contributed by atoms with Crippen LogP contribution in [-0.2, 0) is 4.79 Å². The summed E-state index contributed by atoms with van der Waals surface area (Å²) in [5.74, 6) is 0.0377. The van der Waals surface area contributed by atoms with Gasteiger partial charge in [0.15, 0.2) is 0 Å². The monoisotopic (exact) mass is 344 g/mol. The number of benzene rings is 3. The summed E-state index contributed by atoms with van der Waals surface area (Å²) in [6.07, 6.45) is 1.40. The summed E-state index contributed by atoms with van der Waals surface area (Å²) < 4.78 is 5.12. The van der Waals surface area contributed by atoms with Crippen LogP contribution in [0.1, 0.15) is 5.56 Å². The van der Waals surface area contributed by atoms with E-state index >= 15 is 0 Å². The van der Waals surface area contributed by atoms with Crippen LogP contribution in [0.2, 0.25) is 0 Å². The van der Waals surface area contributed by atoms with Crippen LogP contribution in [0.4, 0.5) is 5.69 Å². The van der Waals surface area contributed by atoms with Crippen molar-refractivity contribution in [1.29, 1.82) is 5.26 Å². The lowest BCUT2D eigenvalue weighted by Crippen LogP contribution is -2.13. The third-order valence-corrected chi connectivity index (χ3v) is 3.93. The van der Waals surface area contributed by atoms with Crippen molar-refractivity contribution < 1.29 is 14.6 Å². The molecular formula is C21H16N2O3. The van der Waals surface area contributed by atoms with Crippen LogP contribution in [0, 0.1) is 11.3 Å². The van der Waals surface area contributed by atoms with E-state index in [1.165, 1.54) is 13.2 Å². The molecule has 0 unspecified atom stereocenters. The molecule has 0 saturated carbocycles. The molecule has 0 spiro atoms. The molecule has 128 valence electrons. The van der Waals surface area contributed by atoms with E-state index in [0.29, 0.717) is 17.0 Å². The molecule has 0 bridgehead atoms. The molecule has 0 aliphatic rings. The minimum atomic E-state index is -0.562. The van der Waals surface area contributed by atoms with Crippen molar-refractivity contribution in [2.45, 2.75) is 0 Å². The van der Waals surface area contributed by atoms with Gasteiger partial charge in [-0.05, 0) is 35.0 Å². The minimum Gasteiger partial charge on any atom is -0.507 e. The second kappa shape index (κ2) is 7.41. The number of carbonyl (C=O) groups excluding carboxylic acids is 1. The van der Waals surface area contributed by atoms with Crippen LogP contribution in [-0.4, -0.2) is 18.1 Å². The maximum atomic E-state index is 12.5. The predicted octanol–water partition coefficient (Wildman–Crippen LogP) is 4.10. The Morgan fingerprint density at radius 2 is 1.96 bits per heavy atom. The zero-order valence-electron chi connectivity index (χ0n) is 14.1. The van der Waals surface area contributed by atoms with Gasteiger partial charge in [-0.1, -0.05) is 36.4 Å². The Hall–Kier alpha value is -3.78. The van der Waals surface area contributed by atoms with E-state index in [1.54, 1.807) is 36.4 Å². The zero-order valence-corrected chi connectivity index (χ0v) is 14.1. The van der Waals surface area contributed by atoms with Gasteiger partial charge in [0.1, 0.15) is 23.1 Å². The largest absolute Gasteiger partial charge is 0.507 e. The molecule has 0 aliphatic carbocycles. The average molecular weight is 344 g/mol. The highest BCUT2D eigenvalue weighted by atomic mass is 16.5. The molecule has 0 aromatic heterocycles. The summed E-state index contributed by atoms with van der Waals surface area (Å²) in [6, 6.07) is 19.5. The number of amides is 1. The number of phenolic OH excluding ortho intramolecular Hbond substituents is 1. The number of fused-ring (bicyclic) bond motifs is 1. The molecule has 1 amide bonds. The number of ether oxygens (including phenoxy) is 1. The molecule has 26 heavy (non-hydrogen) atoms. The van der Waals surface area contributed by atoms with E-state index in [0.717, 1.165) is 10.8 Å². The standard InChI is InChI=1S/C21H16N2O3/c1-26-17-7-4-6-16(12-17)23-21(25)15(13-22)11-19-18-8-3-2-5-14(18)9-10-20(19)24/h2-12,24H,1H3,(H,23,25)/b15-11-. The van der Waals surface area contributed by atoms with Crippen molar-refractivity contribution in [2.75, 3.05) is 12.4 Å². The highest BCUT2D eigenvalue weighted by Crippen LogP contribution is 2.29. The van der Waals surface area contributed by atoms with Crippen LogP contribution < -0.4 is 10.1 Å². The molecule has 5 nitrogen and oxygen atoms in total. The molecule has 3 rings (SSSR count). The molecule has 0 saturated heterocycles. The first-order valence-electron chi connectivity index (χ1n) is 7.90. The molecule has 0 atom stereocenters. The smallest absolute Gasteiger partial charge is 0.266 e. The quantitative estimate of drug-likeness (QED) is 0.551. The number of phenols is 1. The average Bonchev–Trinajstić information content (AvgIpc) is 2.67. The Morgan fingerprint density at radius 3 is 2.73 bits per heavy atom. The first kappa shape index (κ1) is 17.1. The van der Waals surface area contributed by atoms with E-state index in [-0.39, 0.29) is 11.3 Å². The lowest BCUT2D eigenvalue weighted by Gasteiger charge is -2.08. The Bertz CT molecular complexity index is 1050. The Kier molecular flexibility index (Phi) is 4.86. The molecule has 0 aliphatic heterocycles. The summed E-state index contributed by atoms with van der Waals surface area (Å²) in [5, 5.41) is 23.9. The fraction of sp³-hybridized carbons (Fsp3) is 0.0476. The summed E-state index contributed by atoms with van der Waals surface area (Å²) in [5.41, 5.74) is 0.831. The number of hydrogen-bond donors (Lipinski definition) is 2. The second-order valence-electron chi connectivity index (χ2n) is 5.58. The van der Waals surface area contributed by atoms with E-state index in [4.69, 9.17) is 4.74 Å². The van der Waals surface area contributed by atoms with Gasteiger partial charge in [-0.2, -0.15) is 5.26 Å². The molecule has 0 heterocycles. The van der Waals surface area contributed by atoms with Gasteiger partial charge >= 0.3 is 0 Å². The van der Waals surface area contributed by atoms with Crippen molar-refractivity contribution in [3.8, 4) is 17.6 Å². The number of aromatic hydroxyl groups is 1. The van der Waals surface area contributed by atoms with Gasteiger partial charge in [0.25, 0.3) is 5.91 Å². The highest BCUT2D eigenvalue weighted by Gasteiger charge is 2.13. The first-order valence-corrected chi connectivity index (χ1v) is 7.90. The fourth-order valence-electron chi connectivity index (χ4n) is 2.63. The van der Waals surface area contributed by atoms with Crippen LogP contribution >= 0.6 is 0 Å². The number of methoxy groups -OCH3 is 1. The van der Waals surface area contributed by atoms with Gasteiger partial charge in [-0.25, -0.2) is 0 Å². The van der Waals surface area contributed by atoms with Gasteiger partial charge in [0, 0.05) is 17.3 Å². The molecule has 3 aromatic carbocycles. The maximum Gasteiger partial charge on any atom is 0.266 e. The normalized spacial score (nSPS) is 11.0. The lowest BCUT2D eigenvalue weighted by atomic mass is 10.0. The Balaban J connectivity index is 1.97. The number of nitriles is 1. The third-order valence-electron chi connectivity index (χ3n) is 3.93. The summed E-state index contributed by atoms with van der Waals surface area (Å²) >= 11 is 0. The fourth-order valence-corrected chi connectivity index (χ4v) is 2.63. The van der Waals surface area contributed by atoms with Crippen molar-refractivity contribution in [3.05, 3.63) is 71.8 Å². The molecule has 0 fully saturated rings. The Morgan fingerprint density at radius 1 is 1.15 bits per heavy atom. The molecule has 0 radical (unpaired) electrons. The summed E-state index contributed by atoms with van der Waals surface area (Å²) in [4.78, 5) is 12.5. The number of nitrogens with one attached hydrogen (secondary N) is 1. The van der Waals surface area contributed by atoms with Gasteiger partial charge in [0.05, 0.1) is 7.11 Å². The third kappa shape index (κ3) is 3.50. The number of hydrogen-bond acceptors (Lipinski definition) is 4. The van der Waals surface area contributed by atoms with E-state index in [9.17, 15) is 15.2 Å². The number of rotatable bonds is 4. The van der Waals surface area contributed by atoms with Gasteiger partial charge in [-0.3, -0.25) is 4.79 Å². The van der Waals surface area contributed by atoms with Gasteiger partial charge in [0.2, 0.25) is 0 Å². The molecule has 2 N–H and O–H groups in total. The van der Waals surface area contributed by atoms with Crippen LogP contribution in [0.25, 0.3) is 16.8 Å². The summed E-state index contributed by atoms with van der Waals surface area (Å²) in [6.45, 7) is 0. The van der Waals surface area contributed by atoms with Crippen LogP contribution in [0.3, 0.4) is 0 Å². The van der Waals surface area contributed by atoms with E-state index < -0.39 is 5.91 Å². The predicted molar refractivity (Wildman–Crippen MR) is 101 cm³/mol. The van der Waals surface area contributed by atoms with Gasteiger partial charge < -0.3 is 15.2 Å².